The zero-order valence-corrected chi connectivity index (χ0v) is 22.0. The number of alkyl halides is 3. The van der Waals surface area contributed by atoms with E-state index < -0.39 is 22.6 Å². The maximum atomic E-state index is 13.5. The molecule has 1 aliphatic rings. The van der Waals surface area contributed by atoms with Gasteiger partial charge in [-0.15, -0.1) is 0 Å². The van der Waals surface area contributed by atoms with Gasteiger partial charge in [0.05, 0.1) is 21.8 Å². The normalized spacial score (nSPS) is 18.1. The molecule has 204 valence electrons. The monoisotopic (exact) mass is 548 g/mol. The van der Waals surface area contributed by atoms with Crippen LogP contribution < -0.4 is 21.1 Å². The van der Waals surface area contributed by atoms with E-state index in [1.165, 1.54) is 22.8 Å². The Bertz CT molecular complexity index is 1460. The molecule has 0 saturated heterocycles. The summed E-state index contributed by atoms with van der Waals surface area (Å²) in [4.78, 5) is 0.0598. The fourth-order valence-electron chi connectivity index (χ4n) is 4.74. The number of nitrogens with one attached hydrogen (secondary N) is 2. The Morgan fingerprint density at radius 1 is 1.11 bits per heavy atom. The molecule has 7 nitrogen and oxygen atoms in total. The van der Waals surface area contributed by atoms with E-state index in [2.05, 4.69) is 22.5 Å². The van der Waals surface area contributed by atoms with Crippen molar-refractivity contribution in [2.45, 2.75) is 55.4 Å². The highest BCUT2D eigenvalue weighted by molar-refractivity contribution is 7.90. The fourth-order valence-corrected chi connectivity index (χ4v) is 5.40. The molecule has 11 heteroatoms. The molecule has 1 fully saturated rings. The molecule has 0 spiro atoms. The molecule has 2 aromatic carbocycles. The van der Waals surface area contributed by atoms with Gasteiger partial charge in [0.2, 0.25) is 0 Å². The van der Waals surface area contributed by atoms with Crippen molar-refractivity contribution < 1.29 is 26.3 Å². The summed E-state index contributed by atoms with van der Waals surface area (Å²) >= 11 is 0. The number of aromatic nitrogens is 1. The summed E-state index contributed by atoms with van der Waals surface area (Å²) in [6, 6.07) is 11.8. The maximum Gasteiger partial charge on any atom is 0.406 e. The lowest BCUT2D eigenvalue weighted by Crippen LogP contribution is -2.34. The summed E-state index contributed by atoms with van der Waals surface area (Å²) in [5.74, 6) is 5.81. The Morgan fingerprint density at radius 2 is 1.82 bits per heavy atom. The quantitative estimate of drug-likeness (QED) is 0.296. The number of sulfone groups is 1. The number of nitrogens with two attached hydrogens (primary N) is 1. The Labute approximate surface area is 220 Å². The van der Waals surface area contributed by atoms with Crippen LogP contribution in [0.1, 0.15) is 31.4 Å². The zero-order chi connectivity index (χ0) is 27.5. The number of ether oxygens (including phenoxy) is 1. The van der Waals surface area contributed by atoms with Crippen LogP contribution in [-0.4, -0.2) is 51.2 Å². The Kier molecular flexibility index (Phi) is 8.13. The summed E-state index contributed by atoms with van der Waals surface area (Å²) < 4.78 is 70.5. The number of rotatable bonds is 7. The van der Waals surface area contributed by atoms with Crippen molar-refractivity contribution in [1.29, 1.82) is 0 Å². The van der Waals surface area contributed by atoms with E-state index in [1.54, 1.807) is 18.2 Å². The average molecular weight is 549 g/mol. The molecule has 0 unspecified atom stereocenters. The predicted octanol–water partition coefficient (Wildman–Crippen LogP) is 4.56. The molecule has 1 aliphatic carbocycles. The second-order valence-electron chi connectivity index (χ2n) is 9.51. The maximum absolute atomic E-state index is 13.5. The van der Waals surface area contributed by atoms with E-state index in [1.807, 2.05) is 13.1 Å². The minimum Gasteiger partial charge on any atom is -0.479 e. The lowest BCUT2D eigenvalue weighted by atomic mass is 9.91. The SMILES string of the molecule is CNC1CCC(Nc2cccc3c2cc(C#CCOc2ccc(S(C)(=O)=O)cc2N)n3CC(F)(F)F)CC1. The van der Waals surface area contributed by atoms with Crippen LogP contribution in [0.2, 0.25) is 0 Å². The molecular formula is C27H31F3N4O3S. The molecule has 4 rings (SSSR count). The highest BCUT2D eigenvalue weighted by atomic mass is 32.2. The molecule has 1 saturated carbocycles. The van der Waals surface area contributed by atoms with Crippen LogP contribution in [0.3, 0.4) is 0 Å². The molecule has 4 N–H and O–H groups in total. The van der Waals surface area contributed by atoms with Gasteiger partial charge in [-0.1, -0.05) is 12.0 Å². The molecule has 0 atom stereocenters. The summed E-state index contributed by atoms with van der Waals surface area (Å²) in [5, 5.41) is 7.51. The number of hydrogen-bond donors (Lipinski definition) is 3. The summed E-state index contributed by atoms with van der Waals surface area (Å²) in [6.07, 6.45) is 0.675. The number of fused-ring (bicyclic) bond motifs is 1. The largest absolute Gasteiger partial charge is 0.479 e. The topological polar surface area (TPSA) is 98.4 Å². The summed E-state index contributed by atoms with van der Waals surface area (Å²) in [6.45, 7) is -1.31. The minimum atomic E-state index is -4.43. The van der Waals surface area contributed by atoms with Crippen molar-refractivity contribution in [1.82, 2.24) is 9.88 Å². The third kappa shape index (κ3) is 6.74. The number of nitrogens with zero attached hydrogens (tertiary/aromatic N) is 1. The molecule has 0 radical (unpaired) electrons. The highest BCUT2D eigenvalue weighted by Crippen LogP contribution is 2.32. The lowest BCUT2D eigenvalue weighted by Gasteiger charge is -2.29. The molecule has 38 heavy (non-hydrogen) atoms. The van der Waals surface area contributed by atoms with Gasteiger partial charge in [-0.25, -0.2) is 8.42 Å². The van der Waals surface area contributed by atoms with Gasteiger partial charge < -0.3 is 25.7 Å². The predicted molar refractivity (Wildman–Crippen MR) is 143 cm³/mol. The third-order valence-electron chi connectivity index (χ3n) is 6.70. The number of halogens is 3. The van der Waals surface area contributed by atoms with Crippen LogP contribution in [0.25, 0.3) is 10.9 Å². The van der Waals surface area contributed by atoms with Crippen molar-refractivity contribution in [2.24, 2.45) is 0 Å². The van der Waals surface area contributed by atoms with Gasteiger partial charge in [0, 0.05) is 29.4 Å². The van der Waals surface area contributed by atoms with Gasteiger partial charge in [-0.05, 0) is 75.0 Å². The molecule has 1 aromatic heterocycles. The van der Waals surface area contributed by atoms with E-state index >= 15 is 0 Å². The molecule has 0 bridgehead atoms. The minimum absolute atomic E-state index is 0.0598. The van der Waals surface area contributed by atoms with Gasteiger partial charge in [0.15, 0.2) is 9.84 Å². The Hall–Kier alpha value is -3.36. The van der Waals surface area contributed by atoms with Crippen LogP contribution in [-0.2, 0) is 16.4 Å². The van der Waals surface area contributed by atoms with E-state index in [9.17, 15) is 21.6 Å². The standard InChI is InChI=1S/C27H31F3N4O3S/c1-32-18-8-10-19(11-9-18)33-24-6-3-7-25-22(24)15-20(34(25)17-27(28,29)30)5-4-14-37-26-13-12-21(16-23(26)31)38(2,35)36/h3,6-7,12-13,15-16,18-19,32-33H,8-11,14,17,31H2,1-2H3. The molecule has 0 amide bonds. The fraction of sp³-hybridized carbons (Fsp3) is 0.407. The van der Waals surface area contributed by atoms with Crippen LogP contribution in [0.4, 0.5) is 24.5 Å². The average Bonchev–Trinajstić information content (AvgIpc) is 3.19. The first kappa shape index (κ1) is 27.7. The van der Waals surface area contributed by atoms with Crippen LogP contribution >= 0.6 is 0 Å². The molecular weight excluding hydrogens is 517 g/mol. The number of anilines is 2. The first-order valence-corrected chi connectivity index (χ1v) is 14.2. The first-order chi connectivity index (χ1) is 17.9. The second-order valence-corrected chi connectivity index (χ2v) is 11.5. The number of benzene rings is 2. The van der Waals surface area contributed by atoms with Crippen LogP contribution in [0, 0.1) is 11.8 Å². The second kappa shape index (κ2) is 11.2. The van der Waals surface area contributed by atoms with Crippen molar-refractivity contribution in [3.63, 3.8) is 0 Å². The van der Waals surface area contributed by atoms with E-state index in [0.29, 0.717) is 16.9 Å². The summed E-state index contributed by atoms with van der Waals surface area (Å²) in [7, 11) is -1.46. The molecule has 1 heterocycles. The third-order valence-corrected chi connectivity index (χ3v) is 7.81. The Morgan fingerprint density at radius 3 is 2.45 bits per heavy atom. The smallest absolute Gasteiger partial charge is 0.406 e. The molecule has 3 aromatic rings. The van der Waals surface area contributed by atoms with Crippen molar-refractivity contribution in [2.75, 3.05) is 31.0 Å². The Balaban J connectivity index is 1.57. The van der Waals surface area contributed by atoms with E-state index in [-0.39, 0.29) is 34.7 Å². The van der Waals surface area contributed by atoms with Gasteiger partial charge in [-0.2, -0.15) is 13.2 Å². The van der Waals surface area contributed by atoms with Gasteiger partial charge >= 0.3 is 6.18 Å². The van der Waals surface area contributed by atoms with Gasteiger partial charge in [-0.3, -0.25) is 0 Å². The van der Waals surface area contributed by atoms with E-state index in [0.717, 1.165) is 37.6 Å². The van der Waals surface area contributed by atoms with Gasteiger partial charge in [0.1, 0.15) is 18.9 Å². The lowest BCUT2D eigenvalue weighted by molar-refractivity contribution is -0.140. The van der Waals surface area contributed by atoms with Crippen LogP contribution in [0.5, 0.6) is 5.75 Å². The number of nitrogen functional groups attached to an aromatic ring is 1. The summed E-state index contributed by atoms with van der Waals surface area (Å²) in [5.41, 5.74) is 7.46. The van der Waals surface area contributed by atoms with Gasteiger partial charge in [0.25, 0.3) is 0 Å². The first-order valence-electron chi connectivity index (χ1n) is 12.3. The zero-order valence-electron chi connectivity index (χ0n) is 21.2. The van der Waals surface area contributed by atoms with Crippen LogP contribution in [0.15, 0.2) is 47.4 Å². The van der Waals surface area contributed by atoms with Crippen molar-refractivity contribution in [3.05, 3.63) is 48.2 Å². The molecule has 0 aliphatic heterocycles. The number of hydrogen-bond acceptors (Lipinski definition) is 6. The highest BCUT2D eigenvalue weighted by Gasteiger charge is 2.30. The van der Waals surface area contributed by atoms with E-state index in [4.69, 9.17) is 10.5 Å². The van der Waals surface area contributed by atoms with Crippen molar-refractivity contribution in [3.8, 4) is 17.6 Å². The van der Waals surface area contributed by atoms with Crippen molar-refractivity contribution >= 4 is 32.1 Å².